The number of hydrogen-bond acceptors (Lipinski definition) is 3. The lowest BCUT2D eigenvalue weighted by Gasteiger charge is -2.10. The molecule has 1 aromatic heterocycles. The minimum atomic E-state index is -1.07. The number of aryl methyl sites for hydroxylation is 1. The number of carboxylic acids is 1. The molecule has 1 N–H and O–H groups in total. The Morgan fingerprint density at radius 1 is 1.47 bits per heavy atom. The van der Waals surface area contributed by atoms with Gasteiger partial charge in [0.25, 0.3) is 0 Å². The molecule has 2 rings (SSSR count). The van der Waals surface area contributed by atoms with E-state index in [-0.39, 0.29) is 5.56 Å². The standard InChI is InChI=1S/C12H10ClNO3/c1-6-9(13)4-3-7-10(6)14-5-8(12(15)16)11(7)17-2/h3-5H,1-2H3,(H,15,16). The quantitative estimate of drug-likeness (QED) is 0.892. The Morgan fingerprint density at radius 2 is 2.18 bits per heavy atom. The first kappa shape index (κ1) is 11.7. The molecule has 0 unspecified atom stereocenters. The van der Waals surface area contributed by atoms with E-state index in [1.165, 1.54) is 13.3 Å². The number of carboxylic acid groups (broad SMARTS) is 1. The number of halogens is 1. The maximum absolute atomic E-state index is 11.0. The second-order valence-corrected chi connectivity index (χ2v) is 3.99. The van der Waals surface area contributed by atoms with Crippen LogP contribution in [0.5, 0.6) is 5.75 Å². The fourth-order valence-electron chi connectivity index (χ4n) is 1.73. The number of carbonyl (C=O) groups is 1. The molecule has 88 valence electrons. The van der Waals surface area contributed by atoms with Crippen molar-refractivity contribution in [2.75, 3.05) is 7.11 Å². The van der Waals surface area contributed by atoms with Crippen molar-refractivity contribution >= 4 is 28.5 Å². The summed E-state index contributed by atoms with van der Waals surface area (Å²) in [5, 5.41) is 10.3. The lowest BCUT2D eigenvalue weighted by atomic mass is 10.1. The van der Waals surface area contributed by atoms with E-state index in [9.17, 15) is 4.79 Å². The van der Waals surface area contributed by atoms with Gasteiger partial charge in [-0.15, -0.1) is 0 Å². The van der Waals surface area contributed by atoms with Crippen LogP contribution in [0, 0.1) is 6.92 Å². The van der Waals surface area contributed by atoms with Crippen LogP contribution >= 0.6 is 11.6 Å². The molecule has 1 heterocycles. The molecule has 0 fully saturated rings. The van der Waals surface area contributed by atoms with Crippen LogP contribution in [0.4, 0.5) is 0 Å². The third-order valence-electron chi connectivity index (χ3n) is 2.61. The highest BCUT2D eigenvalue weighted by atomic mass is 35.5. The van der Waals surface area contributed by atoms with Crippen LogP contribution in [-0.2, 0) is 0 Å². The molecule has 17 heavy (non-hydrogen) atoms. The molecule has 0 atom stereocenters. The highest BCUT2D eigenvalue weighted by Crippen LogP contribution is 2.32. The summed E-state index contributed by atoms with van der Waals surface area (Å²) >= 11 is 5.99. The van der Waals surface area contributed by atoms with Gasteiger partial charge in [-0.1, -0.05) is 11.6 Å². The lowest BCUT2D eigenvalue weighted by Crippen LogP contribution is -2.02. The fourth-order valence-corrected chi connectivity index (χ4v) is 1.88. The summed E-state index contributed by atoms with van der Waals surface area (Å²) in [7, 11) is 1.44. The van der Waals surface area contributed by atoms with E-state index >= 15 is 0 Å². The highest BCUT2D eigenvalue weighted by Gasteiger charge is 2.16. The predicted molar refractivity (Wildman–Crippen MR) is 65.0 cm³/mol. The summed E-state index contributed by atoms with van der Waals surface area (Å²) < 4.78 is 5.15. The van der Waals surface area contributed by atoms with E-state index in [4.69, 9.17) is 21.4 Å². The van der Waals surface area contributed by atoms with Gasteiger partial charge in [0.2, 0.25) is 0 Å². The van der Waals surface area contributed by atoms with Crippen LogP contribution < -0.4 is 4.74 Å². The predicted octanol–water partition coefficient (Wildman–Crippen LogP) is 2.90. The van der Waals surface area contributed by atoms with Crippen LogP contribution in [0.3, 0.4) is 0 Å². The minimum absolute atomic E-state index is 0.0433. The first-order valence-electron chi connectivity index (χ1n) is 4.91. The fraction of sp³-hybridized carbons (Fsp3) is 0.167. The molecular weight excluding hydrogens is 242 g/mol. The average Bonchev–Trinajstić information content (AvgIpc) is 2.32. The van der Waals surface area contributed by atoms with Gasteiger partial charge in [0.1, 0.15) is 11.3 Å². The molecule has 5 heteroatoms. The van der Waals surface area contributed by atoms with Gasteiger partial charge in [0, 0.05) is 16.6 Å². The summed E-state index contributed by atoms with van der Waals surface area (Å²) in [5.41, 5.74) is 1.50. The molecule has 0 aliphatic rings. The number of benzene rings is 1. The first-order valence-corrected chi connectivity index (χ1v) is 5.29. The van der Waals surface area contributed by atoms with Crippen molar-refractivity contribution in [2.45, 2.75) is 6.92 Å². The van der Waals surface area contributed by atoms with E-state index in [0.717, 1.165) is 5.56 Å². The molecule has 1 aromatic carbocycles. The molecule has 4 nitrogen and oxygen atoms in total. The van der Waals surface area contributed by atoms with Crippen molar-refractivity contribution in [3.63, 3.8) is 0 Å². The van der Waals surface area contributed by atoms with Crippen molar-refractivity contribution < 1.29 is 14.6 Å². The number of hydrogen-bond donors (Lipinski definition) is 1. The second kappa shape index (κ2) is 4.22. The zero-order valence-corrected chi connectivity index (χ0v) is 10.1. The van der Waals surface area contributed by atoms with Gasteiger partial charge in [0.05, 0.1) is 12.6 Å². The molecule has 0 spiro atoms. The van der Waals surface area contributed by atoms with Crippen LogP contribution in [-0.4, -0.2) is 23.2 Å². The van der Waals surface area contributed by atoms with Gasteiger partial charge < -0.3 is 9.84 Å². The van der Waals surface area contributed by atoms with Gasteiger partial charge >= 0.3 is 5.97 Å². The number of aromatic nitrogens is 1. The topological polar surface area (TPSA) is 59.4 Å². The number of pyridine rings is 1. The Labute approximate surface area is 103 Å². The van der Waals surface area contributed by atoms with Gasteiger partial charge in [0.15, 0.2) is 0 Å². The molecular formula is C12H10ClNO3. The van der Waals surface area contributed by atoms with Crippen molar-refractivity contribution in [1.82, 2.24) is 4.98 Å². The summed E-state index contributed by atoms with van der Waals surface area (Å²) in [4.78, 5) is 15.2. The molecule has 0 saturated carbocycles. The molecule has 0 aliphatic carbocycles. The average molecular weight is 252 g/mol. The minimum Gasteiger partial charge on any atom is -0.495 e. The van der Waals surface area contributed by atoms with Crippen LogP contribution in [0.15, 0.2) is 18.3 Å². The lowest BCUT2D eigenvalue weighted by molar-refractivity contribution is 0.0693. The highest BCUT2D eigenvalue weighted by molar-refractivity contribution is 6.32. The van der Waals surface area contributed by atoms with Crippen molar-refractivity contribution in [3.05, 3.63) is 34.5 Å². The van der Waals surface area contributed by atoms with E-state index in [2.05, 4.69) is 4.98 Å². The molecule has 0 radical (unpaired) electrons. The number of rotatable bonds is 2. The molecule has 0 bridgehead atoms. The third-order valence-corrected chi connectivity index (χ3v) is 3.02. The Hall–Kier alpha value is -1.81. The SMILES string of the molecule is COc1c(C(=O)O)cnc2c(C)c(Cl)ccc12. The van der Waals surface area contributed by atoms with E-state index < -0.39 is 5.97 Å². The van der Waals surface area contributed by atoms with Crippen LogP contribution in [0.25, 0.3) is 10.9 Å². The Bertz CT molecular complexity index is 610. The van der Waals surface area contributed by atoms with Crippen molar-refractivity contribution in [2.24, 2.45) is 0 Å². The number of ether oxygens (including phenoxy) is 1. The van der Waals surface area contributed by atoms with E-state index in [1.54, 1.807) is 12.1 Å². The Kier molecular flexibility index (Phi) is 2.90. The summed E-state index contributed by atoms with van der Waals surface area (Å²) in [6.07, 6.45) is 1.28. The summed E-state index contributed by atoms with van der Waals surface area (Å²) in [6.45, 7) is 1.83. The summed E-state index contributed by atoms with van der Waals surface area (Å²) in [6, 6.07) is 3.41. The molecule has 0 aliphatic heterocycles. The molecule has 0 saturated heterocycles. The number of fused-ring (bicyclic) bond motifs is 1. The van der Waals surface area contributed by atoms with Gasteiger partial charge in [-0.05, 0) is 24.6 Å². The summed E-state index contributed by atoms with van der Waals surface area (Å²) in [5.74, 6) is -0.758. The van der Waals surface area contributed by atoms with Crippen LogP contribution in [0.1, 0.15) is 15.9 Å². The smallest absolute Gasteiger partial charge is 0.341 e. The van der Waals surface area contributed by atoms with E-state index in [1.807, 2.05) is 6.92 Å². The van der Waals surface area contributed by atoms with Crippen molar-refractivity contribution in [1.29, 1.82) is 0 Å². The van der Waals surface area contributed by atoms with Gasteiger partial charge in [-0.3, -0.25) is 4.98 Å². The Morgan fingerprint density at radius 3 is 2.76 bits per heavy atom. The van der Waals surface area contributed by atoms with E-state index in [0.29, 0.717) is 21.7 Å². The third kappa shape index (κ3) is 1.80. The second-order valence-electron chi connectivity index (χ2n) is 3.58. The largest absolute Gasteiger partial charge is 0.495 e. The zero-order chi connectivity index (χ0) is 12.6. The van der Waals surface area contributed by atoms with Crippen LogP contribution in [0.2, 0.25) is 5.02 Å². The molecule has 0 amide bonds. The normalized spacial score (nSPS) is 10.5. The Balaban J connectivity index is 2.88. The maximum atomic E-state index is 11.0. The maximum Gasteiger partial charge on any atom is 0.341 e. The monoisotopic (exact) mass is 251 g/mol. The van der Waals surface area contributed by atoms with Gasteiger partial charge in [-0.25, -0.2) is 4.79 Å². The van der Waals surface area contributed by atoms with Gasteiger partial charge in [-0.2, -0.15) is 0 Å². The zero-order valence-electron chi connectivity index (χ0n) is 9.32. The van der Waals surface area contributed by atoms with Crippen molar-refractivity contribution in [3.8, 4) is 5.75 Å². The number of nitrogens with zero attached hydrogens (tertiary/aromatic N) is 1. The first-order chi connectivity index (χ1) is 8.06. The molecule has 2 aromatic rings. The number of aromatic carboxylic acids is 1. The number of methoxy groups -OCH3 is 1.